The Bertz CT molecular complexity index is 849. The number of halogens is 1. The van der Waals surface area contributed by atoms with E-state index in [2.05, 4.69) is 21.2 Å². The van der Waals surface area contributed by atoms with Crippen molar-refractivity contribution in [1.29, 1.82) is 0 Å². The van der Waals surface area contributed by atoms with Crippen molar-refractivity contribution in [3.05, 3.63) is 56.8 Å². The zero-order valence-corrected chi connectivity index (χ0v) is 17.1. The third kappa shape index (κ3) is 3.49. The number of hydrogen-bond donors (Lipinski definition) is 1. The van der Waals surface area contributed by atoms with Gasteiger partial charge in [0.1, 0.15) is 6.10 Å². The quantitative estimate of drug-likeness (QED) is 0.693. The number of nitrogens with one attached hydrogen (secondary N) is 1. The summed E-state index contributed by atoms with van der Waals surface area (Å²) in [4.78, 5) is 26.0. The smallest absolute Gasteiger partial charge is 0.337 e. The molecule has 1 aromatic carbocycles. The predicted octanol–water partition coefficient (Wildman–Crippen LogP) is 4.90. The molecule has 0 bridgehead atoms. The summed E-state index contributed by atoms with van der Waals surface area (Å²) in [5.74, 6) is -0.542. The second kappa shape index (κ2) is 7.63. The number of hydrogen-bond acceptors (Lipinski definition) is 4. The molecule has 4 nitrogen and oxygen atoms in total. The van der Waals surface area contributed by atoms with Crippen LogP contribution in [0.5, 0.6) is 0 Å². The van der Waals surface area contributed by atoms with E-state index < -0.39 is 0 Å². The first kappa shape index (κ1) is 18.5. The SMILES string of the molecule is CC1=C(C(=O)OC2CCCC2)[C@@H](c2ccccc2Br)C2=C(CCCC2=O)N1. The highest BCUT2D eigenvalue weighted by atomic mass is 79.9. The molecule has 3 aliphatic rings. The number of benzene rings is 1. The molecule has 0 saturated heterocycles. The normalized spacial score (nSPS) is 23.3. The summed E-state index contributed by atoms with van der Waals surface area (Å²) < 4.78 is 6.75. The Kier molecular flexibility index (Phi) is 5.22. The lowest BCUT2D eigenvalue weighted by molar-refractivity contribution is -0.144. The van der Waals surface area contributed by atoms with Crippen molar-refractivity contribution in [2.24, 2.45) is 0 Å². The van der Waals surface area contributed by atoms with E-state index in [4.69, 9.17) is 4.74 Å². The van der Waals surface area contributed by atoms with Crippen LogP contribution in [-0.4, -0.2) is 17.9 Å². The van der Waals surface area contributed by atoms with Crippen molar-refractivity contribution < 1.29 is 14.3 Å². The van der Waals surface area contributed by atoms with Crippen molar-refractivity contribution in [2.45, 2.75) is 63.9 Å². The van der Waals surface area contributed by atoms with Gasteiger partial charge in [-0.1, -0.05) is 34.1 Å². The number of carbonyl (C=O) groups is 2. The molecule has 2 aliphatic carbocycles. The van der Waals surface area contributed by atoms with E-state index in [1.807, 2.05) is 31.2 Å². The standard InChI is InChI=1S/C22H24BrNO3/c1-13-19(22(26)27-14-7-2-3-8-14)20(15-9-4-5-10-16(15)23)21-17(24-13)11-6-12-18(21)25/h4-5,9-10,14,20,24H,2-3,6-8,11-12H2,1H3/t20-/m1/s1. The molecule has 1 N–H and O–H groups in total. The second-order valence-corrected chi connectivity index (χ2v) is 8.45. The van der Waals surface area contributed by atoms with Gasteiger partial charge in [0.2, 0.25) is 0 Å². The highest BCUT2D eigenvalue weighted by molar-refractivity contribution is 9.10. The monoisotopic (exact) mass is 429 g/mol. The first-order valence-corrected chi connectivity index (χ1v) is 10.5. The van der Waals surface area contributed by atoms with Crippen LogP contribution in [0.1, 0.15) is 63.4 Å². The summed E-state index contributed by atoms with van der Waals surface area (Å²) in [5, 5.41) is 3.35. The summed E-state index contributed by atoms with van der Waals surface area (Å²) in [5.41, 5.74) is 4.01. The van der Waals surface area contributed by atoms with E-state index in [1.54, 1.807) is 0 Å². The van der Waals surface area contributed by atoms with E-state index in [9.17, 15) is 9.59 Å². The van der Waals surface area contributed by atoms with Crippen LogP contribution in [-0.2, 0) is 14.3 Å². The maximum Gasteiger partial charge on any atom is 0.337 e. The average molecular weight is 430 g/mol. The molecular formula is C22H24BrNO3. The van der Waals surface area contributed by atoms with Gasteiger partial charge in [0.05, 0.1) is 5.57 Å². The van der Waals surface area contributed by atoms with Crippen LogP contribution in [0.2, 0.25) is 0 Å². The molecule has 1 aromatic rings. The van der Waals surface area contributed by atoms with Crippen LogP contribution < -0.4 is 5.32 Å². The van der Waals surface area contributed by atoms with Crippen LogP contribution in [0, 0.1) is 0 Å². The van der Waals surface area contributed by atoms with Crippen molar-refractivity contribution in [3.8, 4) is 0 Å². The number of rotatable bonds is 3. The molecule has 27 heavy (non-hydrogen) atoms. The van der Waals surface area contributed by atoms with Gasteiger partial charge in [-0.2, -0.15) is 0 Å². The average Bonchev–Trinajstić information content (AvgIpc) is 3.14. The molecule has 1 aliphatic heterocycles. The van der Waals surface area contributed by atoms with Crippen molar-refractivity contribution in [3.63, 3.8) is 0 Å². The number of esters is 1. The van der Waals surface area contributed by atoms with Gasteiger partial charge in [0, 0.05) is 33.8 Å². The van der Waals surface area contributed by atoms with Crippen LogP contribution in [0.3, 0.4) is 0 Å². The Labute approximate surface area is 168 Å². The molecule has 0 amide bonds. The fourth-order valence-electron chi connectivity index (χ4n) is 4.50. The molecule has 0 unspecified atom stereocenters. The van der Waals surface area contributed by atoms with E-state index in [-0.39, 0.29) is 23.8 Å². The van der Waals surface area contributed by atoms with Crippen molar-refractivity contribution in [2.75, 3.05) is 0 Å². The van der Waals surface area contributed by atoms with Gasteiger partial charge in [-0.05, 0) is 57.1 Å². The fraction of sp³-hybridized carbons (Fsp3) is 0.455. The maximum atomic E-state index is 13.2. The Morgan fingerprint density at radius 2 is 1.89 bits per heavy atom. The van der Waals surface area contributed by atoms with Crippen molar-refractivity contribution in [1.82, 2.24) is 5.32 Å². The largest absolute Gasteiger partial charge is 0.459 e. The Balaban J connectivity index is 1.78. The van der Waals surface area contributed by atoms with Crippen LogP contribution in [0.25, 0.3) is 0 Å². The van der Waals surface area contributed by atoms with E-state index >= 15 is 0 Å². The molecule has 1 saturated carbocycles. The lowest BCUT2D eigenvalue weighted by Gasteiger charge is -2.34. The molecule has 1 heterocycles. The third-order valence-electron chi connectivity index (χ3n) is 5.79. The summed E-state index contributed by atoms with van der Waals surface area (Å²) in [6, 6.07) is 7.84. The number of carbonyl (C=O) groups excluding carboxylic acids is 2. The lowest BCUT2D eigenvalue weighted by Crippen LogP contribution is -2.35. The summed E-state index contributed by atoms with van der Waals surface area (Å²) in [7, 11) is 0. The Hall–Kier alpha value is -1.88. The summed E-state index contributed by atoms with van der Waals surface area (Å²) >= 11 is 3.62. The predicted molar refractivity (Wildman–Crippen MR) is 107 cm³/mol. The second-order valence-electron chi connectivity index (χ2n) is 7.60. The number of ketones is 1. The molecule has 1 atom stereocenters. The topological polar surface area (TPSA) is 55.4 Å². The van der Waals surface area contributed by atoms with E-state index in [1.165, 1.54) is 0 Å². The molecular weight excluding hydrogens is 406 g/mol. The van der Waals surface area contributed by atoms with Gasteiger partial charge in [-0.25, -0.2) is 4.79 Å². The Morgan fingerprint density at radius 3 is 2.63 bits per heavy atom. The molecule has 1 fully saturated rings. The van der Waals surface area contributed by atoms with Crippen LogP contribution in [0.4, 0.5) is 0 Å². The summed E-state index contributed by atoms with van der Waals surface area (Å²) in [6.07, 6.45) is 6.29. The summed E-state index contributed by atoms with van der Waals surface area (Å²) in [6.45, 7) is 1.91. The minimum absolute atomic E-state index is 0.00454. The van der Waals surface area contributed by atoms with Gasteiger partial charge in [0.15, 0.2) is 5.78 Å². The zero-order chi connectivity index (χ0) is 19.0. The number of dihydropyridines is 1. The highest BCUT2D eigenvalue weighted by Gasteiger charge is 2.40. The zero-order valence-electron chi connectivity index (χ0n) is 15.5. The number of Topliss-reactive ketones (excluding diaryl/α,β-unsaturated/α-hetero) is 1. The first-order valence-electron chi connectivity index (χ1n) is 9.75. The van der Waals surface area contributed by atoms with Gasteiger partial charge in [0.25, 0.3) is 0 Å². The Morgan fingerprint density at radius 1 is 1.15 bits per heavy atom. The minimum Gasteiger partial charge on any atom is -0.459 e. The minimum atomic E-state index is -0.376. The lowest BCUT2D eigenvalue weighted by atomic mass is 9.75. The van der Waals surface area contributed by atoms with Crippen LogP contribution in [0.15, 0.2) is 51.3 Å². The van der Waals surface area contributed by atoms with Gasteiger partial charge in [-0.15, -0.1) is 0 Å². The van der Waals surface area contributed by atoms with Gasteiger partial charge >= 0.3 is 5.97 Å². The van der Waals surface area contributed by atoms with Gasteiger partial charge in [-0.3, -0.25) is 4.79 Å². The van der Waals surface area contributed by atoms with Crippen molar-refractivity contribution >= 4 is 27.7 Å². The third-order valence-corrected chi connectivity index (χ3v) is 6.51. The number of ether oxygens (including phenoxy) is 1. The molecule has 4 rings (SSSR count). The number of allylic oxidation sites excluding steroid dienone is 3. The maximum absolute atomic E-state index is 13.2. The van der Waals surface area contributed by atoms with E-state index in [0.717, 1.165) is 65.5 Å². The molecule has 5 heteroatoms. The molecule has 142 valence electrons. The molecule has 0 spiro atoms. The van der Waals surface area contributed by atoms with Crippen LogP contribution >= 0.6 is 15.9 Å². The van der Waals surface area contributed by atoms with Gasteiger partial charge < -0.3 is 10.1 Å². The molecule has 0 radical (unpaired) electrons. The van der Waals surface area contributed by atoms with E-state index in [0.29, 0.717) is 12.0 Å². The fourth-order valence-corrected chi connectivity index (χ4v) is 5.01. The molecule has 0 aromatic heterocycles. The highest BCUT2D eigenvalue weighted by Crippen LogP contribution is 2.44. The first-order chi connectivity index (χ1) is 13.1.